The van der Waals surface area contributed by atoms with Crippen LogP contribution < -0.4 is 10.6 Å². The summed E-state index contributed by atoms with van der Waals surface area (Å²) in [6.07, 6.45) is 2.11. The van der Waals surface area contributed by atoms with Crippen LogP contribution in [-0.2, 0) is 9.84 Å². The van der Waals surface area contributed by atoms with Gasteiger partial charge in [-0.2, -0.15) is 0 Å². The first-order valence-corrected chi connectivity index (χ1v) is 8.35. The number of pyridine rings is 1. The number of nitrogens with one attached hydrogen (secondary N) is 2. The van der Waals surface area contributed by atoms with Gasteiger partial charge in [0.15, 0.2) is 9.84 Å². The number of hydrogen-bond donors (Lipinski definition) is 2. The third kappa shape index (κ3) is 4.38. The minimum absolute atomic E-state index is 0.0427. The van der Waals surface area contributed by atoms with E-state index in [2.05, 4.69) is 15.6 Å². The molecule has 0 unspecified atom stereocenters. The summed E-state index contributed by atoms with van der Waals surface area (Å²) in [7, 11) is -3.33. The molecule has 0 fully saturated rings. The van der Waals surface area contributed by atoms with Crippen molar-refractivity contribution in [2.75, 3.05) is 24.7 Å². The Morgan fingerprint density at radius 2 is 2.05 bits per heavy atom. The maximum absolute atomic E-state index is 13.2. The standard InChI is InChI=1S/C13H20FN3O3S/c1-5-15-11-10(6-9(14)7-16-11)12(18)17-8-13(2,3)21(4,19)20/h6-7H,5,8H2,1-4H3,(H,15,16)(H,17,18). The topological polar surface area (TPSA) is 88.2 Å². The van der Waals surface area contributed by atoms with Gasteiger partial charge in [-0.05, 0) is 26.8 Å². The molecule has 0 aromatic carbocycles. The van der Waals surface area contributed by atoms with Gasteiger partial charge in [-0.25, -0.2) is 17.8 Å². The number of nitrogens with zero attached hydrogens (tertiary/aromatic N) is 1. The zero-order valence-electron chi connectivity index (χ0n) is 12.5. The van der Waals surface area contributed by atoms with E-state index in [1.807, 2.05) is 6.92 Å². The number of amides is 1. The summed E-state index contributed by atoms with van der Waals surface area (Å²) in [6.45, 7) is 5.29. The van der Waals surface area contributed by atoms with Crippen LogP contribution in [-0.4, -0.2) is 43.4 Å². The normalized spacial score (nSPS) is 12.0. The molecule has 0 aliphatic rings. The van der Waals surface area contributed by atoms with Crippen molar-refractivity contribution in [2.24, 2.45) is 0 Å². The Labute approximate surface area is 124 Å². The Morgan fingerprint density at radius 3 is 2.57 bits per heavy atom. The Balaban J connectivity index is 2.93. The lowest BCUT2D eigenvalue weighted by Gasteiger charge is -2.23. The van der Waals surface area contributed by atoms with E-state index >= 15 is 0 Å². The monoisotopic (exact) mass is 317 g/mol. The van der Waals surface area contributed by atoms with E-state index < -0.39 is 26.3 Å². The van der Waals surface area contributed by atoms with Gasteiger partial charge >= 0.3 is 0 Å². The summed E-state index contributed by atoms with van der Waals surface area (Å²) in [5.41, 5.74) is 0.0427. The van der Waals surface area contributed by atoms with Crippen LogP contribution in [0.4, 0.5) is 10.2 Å². The number of carbonyl (C=O) groups is 1. The molecule has 1 amide bonds. The highest BCUT2D eigenvalue weighted by atomic mass is 32.2. The molecule has 6 nitrogen and oxygen atoms in total. The zero-order valence-corrected chi connectivity index (χ0v) is 13.3. The van der Waals surface area contributed by atoms with Crippen LogP contribution in [0.2, 0.25) is 0 Å². The van der Waals surface area contributed by atoms with E-state index in [1.54, 1.807) is 0 Å². The molecule has 0 atom stereocenters. The summed E-state index contributed by atoms with van der Waals surface area (Å²) in [6, 6.07) is 1.06. The quantitative estimate of drug-likeness (QED) is 0.823. The third-order valence-corrected chi connectivity index (χ3v) is 5.27. The second-order valence-electron chi connectivity index (χ2n) is 5.29. The van der Waals surface area contributed by atoms with E-state index in [1.165, 1.54) is 13.8 Å². The molecule has 21 heavy (non-hydrogen) atoms. The van der Waals surface area contributed by atoms with Gasteiger partial charge in [-0.1, -0.05) is 0 Å². The summed E-state index contributed by atoms with van der Waals surface area (Å²) >= 11 is 0. The number of carbonyl (C=O) groups excluding carboxylic acids is 1. The molecule has 0 spiro atoms. The van der Waals surface area contributed by atoms with Crippen molar-refractivity contribution in [3.8, 4) is 0 Å². The minimum atomic E-state index is -3.33. The first kappa shape index (κ1) is 17.4. The molecule has 1 aromatic heterocycles. The smallest absolute Gasteiger partial charge is 0.255 e. The fraction of sp³-hybridized carbons (Fsp3) is 0.538. The van der Waals surface area contributed by atoms with E-state index in [0.29, 0.717) is 6.54 Å². The molecular weight excluding hydrogens is 297 g/mol. The van der Waals surface area contributed by atoms with Crippen molar-refractivity contribution in [2.45, 2.75) is 25.5 Å². The van der Waals surface area contributed by atoms with Gasteiger partial charge in [0.2, 0.25) is 0 Å². The number of rotatable bonds is 6. The molecule has 1 aromatic rings. The maximum Gasteiger partial charge on any atom is 0.255 e. The molecule has 2 N–H and O–H groups in total. The summed E-state index contributed by atoms with van der Waals surface area (Å²) in [4.78, 5) is 15.9. The second kappa shape index (κ2) is 6.38. The van der Waals surface area contributed by atoms with Gasteiger partial charge in [0, 0.05) is 19.3 Å². The number of halogens is 1. The first-order chi connectivity index (χ1) is 9.58. The molecular formula is C13H20FN3O3S. The minimum Gasteiger partial charge on any atom is -0.370 e. The number of anilines is 1. The highest BCUT2D eigenvalue weighted by Gasteiger charge is 2.31. The molecule has 0 bridgehead atoms. The fourth-order valence-electron chi connectivity index (χ4n) is 1.44. The van der Waals surface area contributed by atoms with E-state index in [9.17, 15) is 17.6 Å². The van der Waals surface area contributed by atoms with Gasteiger partial charge in [0.05, 0.1) is 16.5 Å². The highest BCUT2D eigenvalue weighted by Crippen LogP contribution is 2.16. The predicted molar refractivity (Wildman–Crippen MR) is 79.6 cm³/mol. The molecule has 118 valence electrons. The molecule has 0 aliphatic carbocycles. The molecule has 1 heterocycles. The van der Waals surface area contributed by atoms with Crippen molar-refractivity contribution >= 4 is 21.6 Å². The SMILES string of the molecule is CCNc1ncc(F)cc1C(=O)NCC(C)(C)S(C)(=O)=O. The number of hydrogen-bond acceptors (Lipinski definition) is 5. The predicted octanol–water partition coefficient (Wildman–Crippen LogP) is 1.21. The highest BCUT2D eigenvalue weighted by molar-refractivity contribution is 7.92. The Morgan fingerprint density at radius 1 is 1.43 bits per heavy atom. The summed E-state index contributed by atoms with van der Waals surface area (Å²) < 4.78 is 35.3. The number of aromatic nitrogens is 1. The van der Waals surface area contributed by atoms with Crippen molar-refractivity contribution in [3.63, 3.8) is 0 Å². The number of sulfone groups is 1. The van der Waals surface area contributed by atoms with Crippen LogP contribution >= 0.6 is 0 Å². The second-order valence-corrected chi connectivity index (χ2v) is 7.94. The lowest BCUT2D eigenvalue weighted by molar-refractivity contribution is 0.0950. The van der Waals surface area contributed by atoms with Gasteiger partial charge < -0.3 is 10.6 Å². The van der Waals surface area contributed by atoms with Gasteiger partial charge in [0.1, 0.15) is 11.6 Å². The Bertz CT molecular complexity index is 630. The first-order valence-electron chi connectivity index (χ1n) is 6.45. The van der Waals surface area contributed by atoms with Crippen molar-refractivity contribution in [1.82, 2.24) is 10.3 Å². The summed E-state index contributed by atoms with van der Waals surface area (Å²) in [5, 5.41) is 5.36. The van der Waals surface area contributed by atoms with Crippen LogP contribution in [0.3, 0.4) is 0 Å². The van der Waals surface area contributed by atoms with Gasteiger partial charge in [0.25, 0.3) is 5.91 Å². The van der Waals surface area contributed by atoms with E-state index in [4.69, 9.17) is 0 Å². The fourth-order valence-corrected chi connectivity index (χ4v) is 1.77. The van der Waals surface area contributed by atoms with Crippen LogP contribution in [0.25, 0.3) is 0 Å². The van der Waals surface area contributed by atoms with Crippen LogP contribution in [0.5, 0.6) is 0 Å². The zero-order chi connectivity index (χ0) is 16.3. The Hall–Kier alpha value is -1.70. The van der Waals surface area contributed by atoms with Crippen LogP contribution in [0.15, 0.2) is 12.3 Å². The van der Waals surface area contributed by atoms with Crippen molar-refractivity contribution < 1.29 is 17.6 Å². The van der Waals surface area contributed by atoms with Crippen LogP contribution in [0, 0.1) is 5.82 Å². The average molecular weight is 317 g/mol. The Kier molecular flexibility index (Phi) is 5.27. The van der Waals surface area contributed by atoms with Gasteiger partial charge in [-0.3, -0.25) is 4.79 Å². The lowest BCUT2D eigenvalue weighted by Crippen LogP contribution is -2.43. The largest absolute Gasteiger partial charge is 0.370 e. The lowest BCUT2D eigenvalue weighted by atomic mass is 10.2. The average Bonchev–Trinajstić information content (AvgIpc) is 2.37. The van der Waals surface area contributed by atoms with Crippen molar-refractivity contribution in [1.29, 1.82) is 0 Å². The third-order valence-electron chi connectivity index (χ3n) is 3.12. The van der Waals surface area contributed by atoms with Crippen molar-refractivity contribution in [3.05, 3.63) is 23.6 Å². The molecule has 0 saturated heterocycles. The molecule has 0 saturated carbocycles. The molecule has 0 radical (unpaired) electrons. The van der Waals surface area contributed by atoms with E-state index in [-0.39, 0.29) is 17.9 Å². The van der Waals surface area contributed by atoms with E-state index in [0.717, 1.165) is 18.5 Å². The maximum atomic E-state index is 13.2. The molecule has 1 rings (SSSR count). The summed E-state index contributed by atoms with van der Waals surface area (Å²) in [5.74, 6) is -0.951. The van der Waals surface area contributed by atoms with Gasteiger partial charge in [-0.15, -0.1) is 0 Å². The van der Waals surface area contributed by atoms with Crippen LogP contribution in [0.1, 0.15) is 31.1 Å². The molecule has 0 aliphatic heterocycles. The molecule has 8 heteroatoms.